The molecule has 0 atom stereocenters. The smallest absolute Gasteiger partial charge is 0.176 e. The predicted molar refractivity (Wildman–Crippen MR) is 79.2 cm³/mol. The zero-order chi connectivity index (χ0) is 13.9. The first-order valence-electron chi connectivity index (χ1n) is 7.64. The van der Waals surface area contributed by atoms with Gasteiger partial charge in [-0.15, -0.1) is 0 Å². The summed E-state index contributed by atoms with van der Waals surface area (Å²) in [6.45, 7) is 2.79. The topological polar surface area (TPSA) is 29.5 Å². The molecule has 0 N–H and O–H groups in total. The second-order valence-electron chi connectivity index (χ2n) is 6.23. The van der Waals surface area contributed by atoms with Crippen LogP contribution in [-0.4, -0.2) is 37.4 Å². The van der Waals surface area contributed by atoms with Gasteiger partial charge in [0.05, 0.1) is 13.7 Å². The Hall–Kier alpha value is -1.35. The summed E-state index contributed by atoms with van der Waals surface area (Å²) in [5, 5.41) is 0. The first kappa shape index (κ1) is 13.6. The molecule has 0 aromatic heterocycles. The highest BCUT2D eigenvalue weighted by Gasteiger charge is 2.30. The molecule has 0 spiro atoms. The largest absolute Gasteiger partial charge is 0.497 e. The Morgan fingerprint density at radius 3 is 2.10 bits per heavy atom. The highest BCUT2D eigenvalue weighted by atomic mass is 16.5. The molecule has 20 heavy (non-hydrogen) atoms. The number of nitrogens with zero attached hydrogens (tertiary/aromatic N) is 1. The van der Waals surface area contributed by atoms with Gasteiger partial charge in [0.25, 0.3) is 0 Å². The second kappa shape index (κ2) is 5.96. The number of carbonyl (C=O) groups is 1. The van der Waals surface area contributed by atoms with Gasteiger partial charge in [0.1, 0.15) is 5.75 Å². The molecule has 3 rings (SSSR count). The molecule has 0 radical (unpaired) electrons. The number of Topliss-reactive ketones (excluding diaryl/α,β-unsaturated/α-hetero) is 1. The molecule has 108 valence electrons. The van der Waals surface area contributed by atoms with Crippen molar-refractivity contribution in [2.75, 3.05) is 26.7 Å². The van der Waals surface area contributed by atoms with E-state index in [1.54, 1.807) is 7.11 Å². The quantitative estimate of drug-likeness (QED) is 0.682. The SMILES string of the molecule is COc1ccc(C(=O)CN(CC2CC2)CC2CC2)cc1. The van der Waals surface area contributed by atoms with Crippen LogP contribution in [0.2, 0.25) is 0 Å². The summed E-state index contributed by atoms with van der Waals surface area (Å²) in [4.78, 5) is 14.8. The molecular formula is C17H23NO2. The van der Waals surface area contributed by atoms with E-state index < -0.39 is 0 Å². The Balaban J connectivity index is 1.58. The molecule has 0 aliphatic heterocycles. The van der Waals surface area contributed by atoms with Gasteiger partial charge in [0, 0.05) is 18.7 Å². The Morgan fingerprint density at radius 1 is 1.10 bits per heavy atom. The van der Waals surface area contributed by atoms with E-state index in [4.69, 9.17) is 4.74 Å². The molecule has 3 heteroatoms. The van der Waals surface area contributed by atoms with Crippen LogP contribution in [0.1, 0.15) is 36.0 Å². The Morgan fingerprint density at radius 2 is 1.65 bits per heavy atom. The third kappa shape index (κ3) is 3.83. The van der Waals surface area contributed by atoms with E-state index >= 15 is 0 Å². The fourth-order valence-corrected chi connectivity index (χ4v) is 2.61. The summed E-state index contributed by atoms with van der Waals surface area (Å²) in [7, 11) is 1.64. The minimum absolute atomic E-state index is 0.231. The third-order valence-electron chi connectivity index (χ3n) is 4.21. The van der Waals surface area contributed by atoms with Gasteiger partial charge in [-0.25, -0.2) is 0 Å². The van der Waals surface area contributed by atoms with Crippen molar-refractivity contribution in [3.8, 4) is 5.75 Å². The predicted octanol–water partition coefficient (Wildman–Crippen LogP) is 3.00. The van der Waals surface area contributed by atoms with Crippen molar-refractivity contribution in [2.24, 2.45) is 11.8 Å². The average molecular weight is 273 g/mol. The summed E-state index contributed by atoms with van der Waals surface area (Å²) < 4.78 is 5.13. The lowest BCUT2D eigenvalue weighted by Crippen LogP contribution is -2.33. The molecule has 0 amide bonds. The first-order chi connectivity index (χ1) is 9.74. The van der Waals surface area contributed by atoms with Crippen LogP contribution in [-0.2, 0) is 0 Å². The monoisotopic (exact) mass is 273 g/mol. The lowest BCUT2D eigenvalue weighted by atomic mass is 10.1. The van der Waals surface area contributed by atoms with Gasteiger partial charge in [-0.05, 0) is 61.8 Å². The van der Waals surface area contributed by atoms with Gasteiger partial charge in [-0.1, -0.05) is 0 Å². The Bertz CT molecular complexity index is 446. The van der Waals surface area contributed by atoms with Gasteiger partial charge >= 0.3 is 0 Å². The van der Waals surface area contributed by atoms with E-state index in [1.165, 1.54) is 25.7 Å². The number of ether oxygens (including phenoxy) is 1. The maximum atomic E-state index is 12.4. The molecule has 0 bridgehead atoms. The minimum Gasteiger partial charge on any atom is -0.497 e. The van der Waals surface area contributed by atoms with Gasteiger partial charge in [-0.3, -0.25) is 9.69 Å². The van der Waals surface area contributed by atoms with Crippen molar-refractivity contribution in [3.05, 3.63) is 29.8 Å². The fourth-order valence-electron chi connectivity index (χ4n) is 2.61. The maximum absolute atomic E-state index is 12.4. The van der Waals surface area contributed by atoms with Crippen LogP contribution in [0.25, 0.3) is 0 Å². The maximum Gasteiger partial charge on any atom is 0.176 e. The summed E-state index contributed by atoms with van der Waals surface area (Å²) in [5.41, 5.74) is 0.794. The molecule has 2 fully saturated rings. The van der Waals surface area contributed by atoms with Crippen LogP contribution < -0.4 is 4.74 Å². The van der Waals surface area contributed by atoms with Crippen LogP contribution >= 0.6 is 0 Å². The van der Waals surface area contributed by atoms with Crippen molar-refractivity contribution in [3.63, 3.8) is 0 Å². The van der Waals surface area contributed by atoms with Crippen molar-refractivity contribution in [1.82, 2.24) is 4.90 Å². The highest BCUT2D eigenvalue weighted by Crippen LogP contribution is 2.33. The van der Waals surface area contributed by atoms with Crippen LogP contribution in [0.15, 0.2) is 24.3 Å². The lowest BCUT2D eigenvalue weighted by molar-refractivity contribution is 0.0924. The fraction of sp³-hybridized carbons (Fsp3) is 0.588. The highest BCUT2D eigenvalue weighted by molar-refractivity contribution is 5.97. The molecule has 0 saturated heterocycles. The summed E-state index contributed by atoms with van der Waals surface area (Å²) in [6, 6.07) is 7.46. The number of methoxy groups -OCH3 is 1. The second-order valence-corrected chi connectivity index (χ2v) is 6.23. The standard InChI is InChI=1S/C17H23NO2/c1-20-16-8-6-15(7-9-16)17(19)12-18(10-13-2-3-13)11-14-4-5-14/h6-9,13-14H,2-5,10-12H2,1H3. The normalized spacial score (nSPS) is 18.3. The van der Waals surface area contributed by atoms with E-state index in [9.17, 15) is 4.79 Å². The molecule has 2 aliphatic carbocycles. The van der Waals surface area contributed by atoms with Crippen LogP contribution in [0, 0.1) is 11.8 Å². The van der Waals surface area contributed by atoms with Gasteiger partial charge in [0.15, 0.2) is 5.78 Å². The van der Waals surface area contributed by atoms with Crippen molar-refractivity contribution in [1.29, 1.82) is 0 Å². The average Bonchev–Trinajstić information content (AvgIpc) is 3.35. The van der Waals surface area contributed by atoms with E-state index in [1.807, 2.05) is 24.3 Å². The number of benzene rings is 1. The van der Waals surface area contributed by atoms with E-state index in [0.29, 0.717) is 6.54 Å². The van der Waals surface area contributed by atoms with Crippen LogP contribution in [0.3, 0.4) is 0 Å². The van der Waals surface area contributed by atoms with E-state index in [-0.39, 0.29) is 5.78 Å². The van der Waals surface area contributed by atoms with Crippen molar-refractivity contribution in [2.45, 2.75) is 25.7 Å². The molecule has 2 aliphatic rings. The van der Waals surface area contributed by atoms with Gasteiger partial charge in [0.2, 0.25) is 0 Å². The molecule has 0 heterocycles. The van der Waals surface area contributed by atoms with Crippen LogP contribution in [0.5, 0.6) is 5.75 Å². The van der Waals surface area contributed by atoms with Gasteiger partial charge < -0.3 is 4.74 Å². The van der Waals surface area contributed by atoms with E-state index in [2.05, 4.69) is 4.90 Å². The van der Waals surface area contributed by atoms with Crippen molar-refractivity contribution >= 4 is 5.78 Å². The molecule has 1 aromatic carbocycles. The van der Waals surface area contributed by atoms with E-state index in [0.717, 1.165) is 36.2 Å². The molecular weight excluding hydrogens is 250 g/mol. The Labute approximate surface area is 120 Å². The number of ketones is 1. The number of hydrogen-bond acceptors (Lipinski definition) is 3. The minimum atomic E-state index is 0.231. The molecule has 3 nitrogen and oxygen atoms in total. The molecule has 0 unspecified atom stereocenters. The summed E-state index contributed by atoms with van der Waals surface area (Å²) >= 11 is 0. The zero-order valence-electron chi connectivity index (χ0n) is 12.2. The summed E-state index contributed by atoms with van der Waals surface area (Å²) in [5.74, 6) is 2.72. The summed E-state index contributed by atoms with van der Waals surface area (Å²) in [6.07, 6.45) is 5.38. The van der Waals surface area contributed by atoms with Crippen LogP contribution in [0.4, 0.5) is 0 Å². The molecule has 1 aromatic rings. The Kier molecular flexibility index (Phi) is 4.06. The molecule has 2 saturated carbocycles. The first-order valence-corrected chi connectivity index (χ1v) is 7.64. The number of hydrogen-bond donors (Lipinski definition) is 0. The number of carbonyl (C=O) groups excluding carboxylic acids is 1. The number of rotatable bonds is 8. The van der Waals surface area contributed by atoms with Gasteiger partial charge in [-0.2, -0.15) is 0 Å². The lowest BCUT2D eigenvalue weighted by Gasteiger charge is -2.21. The van der Waals surface area contributed by atoms with Crippen molar-refractivity contribution < 1.29 is 9.53 Å². The third-order valence-corrected chi connectivity index (χ3v) is 4.21. The zero-order valence-corrected chi connectivity index (χ0v) is 12.2.